The lowest BCUT2D eigenvalue weighted by Gasteiger charge is -2.22. The van der Waals surface area contributed by atoms with Crippen LogP contribution in [-0.4, -0.2) is 19.2 Å². The van der Waals surface area contributed by atoms with E-state index in [4.69, 9.17) is 4.74 Å². The van der Waals surface area contributed by atoms with Gasteiger partial charge >= 0.3 is 0 Å². The molecule has 81 valence electrons. The maximum atomic E-state index is 5.89. The molecule has 0 bridgehead atoms. The average molecular weight is 204 g/mol. The first-order chi connectivity index (χ1) is 7.36. The summed E-state index contributed by atoms with van der Waals surface area (Å²) in [4.78, 5) is 0. The first kappa shape index (κ1) is 10.7. The van der Waals surface area contributed by atoms with Crippen molar-refractivity contribution in [2.75, 3.05) is 13.1 Å². The normalized spacial score (nSPS) is 17.9. The largest absolute Gasteiger partial charge is 0.373 e. The van der Waals surface area contributed by atoms with Gasteiger partial charge in [-0.3, -0.25) is 0 Å². The third-order valence-corrected chi connectivity index (χ3v) is 2.95. The molecule has 2 rings (SSSR count). The van der Waals surface area contributed by atoms with Crippen molar-refractivity contribution < 1.29 is 4.74 Å². The van der Waals surface area contributed by atoms with Crippen molar-refractivity contribution in [3.05, 3.63) is 35.4 Å². The average Bonchev–Trinajstić information content (AvgIpc) is 2.29. The Morgan fingerprint density at radius 3 is 2.73 bits per heavy atom. The van der Waals surface area contributed by atoms with E-state index < -0.39 is 0 Å². The summed E-state index contributed by atoms with van der Waals surface area (Å²) in [5.41, 5.74) is 2.62. The molecule has 1 aromatic carbocycles. The molecule has 1 aliphatic rings. The number of aryl methyl sites for hydroxylation is 1. The lowest BCUT2D eigenvalue weighted by Crippen LogP contribution is -2.28. The van der Waals surface area contributed by atoms with Crippen molar-refractivity contribution in [2.24, 2.45) is 0 Å². The van der Waals surface area contributed by atoms with Crippen molar-refractivity contribution >= 4 is 0 Å². The highest BCUT2D eigenvalue weighted by Gasteiger charge is 2.13. The molecule has 15 heavy (non-hydrogen) atoms. The molecule has 0 aromatic heterocycles. The minimum absolute atomic E-state index is 0.419. The van der Waals surface area contributed by atoms with Crippen LogP contribution in [0.15, 0.2) is 24.3 Å². The molecule has 0 N–H and O–H groups in total. The molecule has 1 fully saturated rings. The van der Waals surface area contributed by atoms with Gasteiger partial charge in [0, 0.05) is 13.1 Å². The van der Waals surface area contributed by atoms with Gasteiger partial charge in [0.25, 0.3) is 0 Å². The number of nitrogens with zero attached hydrogens (tertiary/aromatic N) is 1. The molecule has 2 heteroatoms. The molecule has 0 spiro atoms. The van der Waals surface area contributed by atoms with Crippen LogP contribution < -0.4 is 5.32 Å². The number of ether oxygens (including phenoxy) is 1. The quantitative estimate of drug-likeness (QED) is 0.741. The minimum atomic E-state index is 0.419. The summed E-state index contributed by atoms with van der Waals surface area (Å²) in [7, 11) is 0. The Morgan fingerprint density at radius 2 is 2.00 bits per heavy atom. The van der Waals surface area contributed by atoms with Gasteiger partial charge in [-0.1, -0.05) is 24.3 Å². The lowest BCUT2D eigenvalue weighted by molar-refractivity contribution is 0.0205. The summed E-state index contributed by atoms with van der Waals surface area (Å²) < 4.78 is 5.89. The molecule has 1 saturated heterocycles. The van der Waals surface area contributed by atoms with Gasteiger partial charge in [0.15, 0.2) is 0 Å². The highest BCUT2D eigenvalue weighted by Crippen LogP contribution is 2.13. The Morgan fingerprint density at radius 1 is 1.27 bits per heavy atom. The van der Waals surface area contributed by atoms with Crippen LogP contribution in [0, 0.1) is 6.92 Å². The summed E-state index contributed by atoms with van der Waals surface area (Å²) in [5, 5.41) is 4.32. The van der Waals surface area contributed by atoms with Crippen molar-refractivity contribution in [1.82, 2.24) is 5.32 Å². The fraction of sp³-hybridized carbons (Fsp3) is 0.538. The molecule has 1 radical (unpaired) electrons. The van der Waals surface area contributed by atoms with E-state index in [0.29, 0.717) is 6.10 Å². The zero-order chi connectivity index (χ0) is 10.5. The third kappa shape index (κ3) is 3.05. The van der Waals surface area contributed by atoms with E-state index in [9.17, 15) is 0 Å². The van der Waals surface area contributed by atoms with Crippen LogP contribution in [0.25, 0.3) is 0 Å². The Bertz CT molecular complexity index is 305. The van der Waals surface area contributed by atoms with Crippen LogP contribution in [0.3, 0.4) is 0 Å². The van der Waals surface area contributed by atoms with E-state index in [1.54, 1.807) is 0 Å². The van der Waals surface area contributed by atoms with Gasteiger partial charge in [-0.25, -0.2) is 5.32 Å². The molecular formula is C13H18NO. The minimum Gasteiger partial charge on any atom is -0.373 e. The fourth-order valence-corrected chi connectivity index (χ4v) is 1.87. The lowest BCUT2D eigenvalue weighted by atomic mass is 10.1. The van der Waals surface area contributed by atoms with Gasteiger partial charge in [0.1, 0.15) is 0 Å². The zero-order valence-corrected chi connectivity index (χ0v) is 9.28. The Kier molecular flexibility index (Phi) is 3.75. The van der Waals surface area contributed by atoms with Crippen molar-refractivity contribution in [3.63, 3.8) is 0 Å². The van der Waals surface area contributed by atoms with E-state index in [2.05, 4.69) is 36.5 Å². The summed E-state index contributed by atoms with van der Waals surface area (Å²) >= 11 is 0. The number of piperidine rings is 1. The molecule has 0 unspecified atom stereocenters. The predicted molar refractivity (Wildman–Crippen MR) is 60.9 cm³/mol. The maximum absolute atomic E-state index is 5.89. The van der Waals surface area contributed by atoms with Crippen molar-refractivity contribution in [3.8, 4) is 0 Å². The maximum Gasteiger partial charge on any atom is 0.0723 e. The molecule has 1 heterocycles. The smallest absolute Gasteiger partial charge is 0.0723 e. The van der Waals surface area contributed by atoms with Gasteiger partial charge in [0.2, 0.25) is 0 Å². The van der Waals surface area contributed by atoms with Crippen LogP contribution in [0.2, 0.25) is 0 Å². The first-order valence-electron chi connectivity index (χ1n) is 5.65. The van der Waals surface area contributed by atoms with E-state index in [1.165, 1.54) is 11.1 Å². The highest BCUT2D eigenvalue weighted by molar-refractivity contribution is 5.24. The zero-order valence-electron chi connectivity index (χ0n) is 9.28. The fourth-order valence-electron chi connectivity index (χ4n) is 1.87. The molecule has 1 aromatic rings. The molecule has 0 atom stereocenters. The van der Waals surface area contributed by atoms with Crippen LogP contribution in [0.5, 0.6) is 0 Å². The van der Waals surface area contributed by atoms with Gasteiger partial charge < -0.3 is 4.74 Å². The summed E-state index contributed by atoms with van der Waals surface area (Å²) in [6.45, 7) is 4.82. The Labute approximate surface area is 91.6 Å². The van der Waals surface area contributed by atoms with Gasteiger partial charge in [-0.05, 0) is 30.9 Å². The van der Waals surface area contributed by atoms with Crippen molar-refractivity contribution in [2.45, 2.75) is 32.5 Å². The van der Waals surface area contributed by atoms with E-state index >= 15 is 0 Å². The number of hydrogen-bond donors (Lipinski definition) is 0. The summed E-state index contributed by atoms with van der Waals surface area (Å²) in [6, 6.07) is 8.41. The summed E-state index contributed by atoms with van der Waals surface area (Å²) in [5.74, 6) is 0. The van der Waals surface area contributed by atoms with E-state index in [0.717, 1.165) is 32.5 Å². The predicted octanol–water partition coefficient (Wildman–Crippen LogP) is 2.28. The molecule has 0 saturated carbocycles. The number of benzene rings is 1. The molecule has 2 nitrogen and oxygen atoms in total. The Balaban J connectivity index is 1.84. The van der Waals surface area contributed by atoms with Crippen LogP contribution in [0.1, 0.15) is 24.0 Å². The van der Waals surface area contributed by atoms with Gasteiger partial charge in [-0.15, -0.1) is 0 Å². The standard InChI is InChI=1S/C13H18NO/c1-11-4-2-3-5-12(11)10-15-13-6-8-14-9-7-13/h2-5,13H,6-10H2,1H3. The number of hydrogen-bond acceptors (Lipinski definition) is 1. The Hall–Kier alpha value is -0.860. The second-order valence-electron chi connectivity index (χ2n) is 4.11. The topological polar surface area (TPSA) is 23.3 Å². The highest BCUT2D eigenvalue weighted by atomic mass is 16.5. The molecule has 0 aliphatic carbocycles. The van der Waals surface area contributed by atoms with E-state index in [1.807, 2.05) is 0 Å². The summed E-state index contributed by atoms with van der Waals surface area (Å²) in [6.07, 6.45) is 2.60. The molecular weight excluding hydrogens is 186 g/mol. The van der Waals surface area contributed by atoms with Gasteiger partial charge in [0.05, 0.1) is 12.7 Å². The SMILES string of the molecule is Cc1ccccc1COC1CC[N]CC1. The second kappa shape index (κ2) is 5.29. The second-order valence-corrected chi connectivity index (χ2v) is 4.11. The number of rotatable bonds is 3. The monoisotopic (exact) mass is 204 g/mol. The molecule has 0 amide bonds. The van der Waals surface area contributed by atoms with Crippen LogP contribution in [0.4, 0.5) is 0 Å². The third-order valence-electron chi connectivity index (χ3n) is 2.95. The van der Waals surface area contributed by atoms with E-state index in [-0.39, 0.29) is 0 Å². The van der Waals surface area contributed by atoms with Crippen molar-refractivity contribution in [1.29, 1.82) is 0 Å². The molecule has 1 aliphatic heterocycles. The van der Waals surface area contributed by atoms with Crippen LogP contribution >= 0.6 is 0 Å². The van der Waals surface area contributed by atoms with Gasteiger partial charge in [-0.2, -0.15) is 0 Å². The van der Waals surface area contributed by atoms with Crippen LogP contribution in [-0.2, 0) is 11.3 Å². The first-order valence-corrected chi connectivity index (χ1v) is 5.65.